The smallest absolute Gasteiger partial charge is 0.0513 e. The Bertz CT molecular complexity index is 829. The average Bonchev–Trinajstić information content (AvgIpc) is 2.69. The van der Waals surface area contributed by atoms with Crippen LogP contribution in [0.3, 0.4) is 0 Å². The highest BCUT2D eigenvalue weighted by molar-refractivity contribution is 5.83. The molecule has 0 heterocycles. The molecule has 0 amide bonds. The molecule has 136 valence electrons. The fraction of sp³-hybridized carbons (Fsp3) is 0.280. The number of hydrogen-bond acceptors (Lipinski definition) is 1. The minimum absolute atomic E-state index is 0.204. The van der Waals surface area contributed by atoms with Gasteiger partial charge in [-0.2, -0.15) is 0 Å². The summed E-state index contributed by atoms with van der Waals surface area (Å²) in [5, 5.41) is 6.34. The van der Waals surface area contributed by atoms with E-state index in [9.17, 15) is 0 Å². The van der Waals surface area contributed by atoms with Crippen molar-refractivity contribution in [2.45, 2.75) is 46.7 Å². The normalized spacial score (nSPS) is 12.7. The van der Waals surface area contributed by atoms with Crippen LogP contribution in [-0.2, 0) is 0 Å². The lowest BCUT2D eigenvalue weighted by atomic mass is 9.98. The van der Waals surface area contributed by atoms with Crippen LogP contribution in [0.4, 0.5) is 0 Å². The van der Waals surface area contributed by atoms with E-state index in [1.54, 1.807) is 0 Å². The molecule has 0 fully saturated rings. The van der Waals surface area contributed by atoms with E-state index in [1.807, 2.05) is 13.8 Å². The lowest BCUT2D eigenvalue weighted by Gasteiger charge is -2.22. The van der Waals surface area contributed by atoms with Crippen LogP contribution in [0.1, 0.15) is 57.8 Å². The number of rotatable bonds is 5. The fourth-order valence-electron chi connectivity index (χ4n) is 3.08. The molecule has 0 aliphatic carbocycles. The van der Waals surface area contributed by atoms with Crippen LogP contribution in [0.2, 0.25) is 0 Å². The third-order valence-corrected chi connectivity index (χ3v) is 4.36. The highest BCUT2D eigenvalue weighted by atomic mass is 14.9. The molecule has 0 aliphatic heterocycles. The maximum absolute atomic E-state index is 3.77. The Hall–Kier alpha value is -2.38. The highest BCUT2D eigenvalue weighted by Gasteiger charge is 2.13. The minimum atomic E-state index is 0.204. The summed E-state index contributed by atoms with van der Waals surface area (Å²) in [6.07, 6.45) is 2.31. The van der Waals surface area contributed by atoms with Gasteiger partial charge in [-0.05, 0) is 48.7 Å². The quantitative estimate of drug-likeness (QED) is 0.481. The van der Waals surface area contributed by atoms with Gasteiger partial charge in [0, 0.05) is 6.04 Å². The summed E-state index contributed by atoms with van der Waals surface area (Å²) >= 11 is 0. The molecule has 0 spiro atoms. The summed E-state index contributed by atoms with van der Waals surface area (Å²) in [5.74, 6) is 0. The van der Waals surface area contributed by atoms with Gasteiger partial charge in [-0.1, -0.05) is 92.2 Å². The maximum Gasteiger partial charge on any atom is 0.0513 e. The van der Waals surface area contributed by atoms with Crippen molar-refractivity contribution in [2.24, 2.45) is 0 Å². The zero-order valence-electron chi connectivity index (χ0n) is 16.7. The van der Waals surface area contributed by atoms with Crippen molar-refractivity contribution in [3.8, 4) is 0 Å². The fourth-order valence-corrected chi connectivity index (χ4v) is 3.08. The molecule has 3 aromatic carbocycles. The molecular weight excluding hydrogens is 314 g/mol. The van der Waals surface area contributed by atoms with Crippen LogP contribution in [0, 0.1) is 0 Å². The molecule has 2 unspecified atom stereocenters. The zero-order chi connectivity index (χ0) is 18.9. The van der Waals surface area contributed by atoms with Crippen LogP contribution in [0.5, 0.6) is 0 Å². The first-order valence-electron chi connectivity index (χ1n) is 9.58. The first-order chi connectivity index (χ1) is 12.6. The molecule has 0 aromatic heterocycles. The molecule has 1 heteroatoms. The molecule has 0 saturated carbocycles. The van der Waals surface area contributed by atoms with Gasteiger partial charge in [-0.3, -0.25) is 0 Å². The van der Waals surface area contributed by atoms with Crippen molar-refractivity contribution in [1.29, 1.82) is 0 Å². The molecule has 1 N–H and O–H groups in total. The van der Waals surface area contributed by atoms with Gasteiger partial charge in [-0.15, -0.1) is 0 Å². The predicted octanol–water partition coefficient (Wildman–Crippen LogP) is 7.22. The molecule has 0 bridgehead atoms. The van der Waals surface area contributed by atoms with E-state index >= 15 is 0 Å². The predicted molar refractivity (Wildman–Crippen MR) is 115 cm³/mol. The van der Waals surface area contributed by atoms with E-state index in [1.165, 1.54) is 27.5 Å². The van der Waals surface area contributed by atoms with Crippen molar-refractivity contribution in [3.05, 3.63) is 95.6 Å². The van der Waals surface area contributed by atoms with Gasteiger partial charge in [0.1, 0.15) is 0 Å². The SMILES string of the molecule is CC.CC(C)=CC(NC(C)c1ccccc1)c1ccc2ccccc2c1. The third kappa shape index (κ3) is 5.31. The second-order valence-electron chi connectivity index (χ2n) is 6.63. The van der Waals surface area contributed by atoms with Gasteiger partial charge in [0.15, 0.2) is 0 Å². The standard InChI is InChI=1S/C23H25N.C2H6/c1-17(2)15-23(24-18(3)19-9-5-4-6-10-19)22-14-13-20-11-7-8-12-21(20)16-22;1-2/h4-16,18,23-24H,1-3H3;1-2H3. The monoisotopic (exact) mass is 345 g/mol. The molecule has 0 saturated heterocycles. The van der Waals surface area contributed by atoms with Gasteiger partial charge in [0.2, 0.25) is 0 Å². The molecular formula is C25H31N. The first-order valence-corrected chi connectivity index (χ1v) is 9.58. The van der Waals surface area contributed by atoms with Crippen LogP contribution in [-0.4, -0.2) is 0 Å². The Balaban J connectivity index is 0.00000117. The molecule has 3 aromatic rings. The van der Waals surface area contributed by atoms with Crippen LogP contribution in [0.25, 0.3) is 10.8 Å². The van der Waals surface area contributed by atoms with Crippen LogP contribution >= 0.6 is 0 Å². The lowest BCUT2D eigenvalue weighted by molar-refractivity contribution is 0.525. The summed E-state index contributed by atoms with van der Waals surface area (Å²) in [6, 6.07) is 26.4. The Morgan fingerprint density at radius 2 is 1.38 bits per heavy atom. The Labute approximate surface area is 158 Å². The summed E-state index contributed by atoms with van der Waals surface area (Å²) < 4.78 is 0. The lowest BCUT2D eigenvalue weighted by Crippen LogP contribution is -2.23. The van der Waals surface area contributed by atoms with E-state index in [0.29, 0.717) is 6.04 Å². The van der Waals surface area contributed by atoms with E-state index in [0.717, 1.165) is 0 Å². The maximum atomic E-state index is 3.77. The van der Waals surface area contributed by atoms with E-state index in [-0.39, 0.29) is 6.04 Å². The largest absolute Gasteiger partial charge is 0.300 e. The zero-order valence-corrected chi connectivity index (χ0v) is 16.7. The number of hydrogen-bond donors (Lipinski definition) is 1. The summed E-state index contributed by atoms with van der Waals surface area (Å²) in [6.45, 7) is 10.5. The second kappa shape index (κ2) is 9.94. The summed E-state index contributed by atoms with van der Waals surface area (Å²) in [7, 11) is 0. The minimum Gasteiger partial charge on any atom is -0.300 e. The van der Waals surface area contributed by atoms with Gasteiger partial charge in [0.25, 0.3) is 0 Å². The van der Waals surface area contributed by atoms with Crippen molar-refractivity contribution in [1.82, 2.24) is 5.32 Å². The molecule has 0 radical (unpaired) electrons. The average molecular weight is 346 g/mol. The van der Waals surface area contributed by atoms with E-state index < -0.39 is 0 Å². The van der Waals surface area contributed by atoms with Crippen molar-refractivity contribution < 1.29 is 0 Å². The second-order valence-corrected chi connectivity index (χ2v) is 6.63. The summed E-state index contributed by atoms with van der Waals surface area (Å²) in [4.78, 5) is 0. The van der Waals surface area contributed by atoms with Gasteiger partial charge in [0.05, 0.1) is 6.04 Å². The Kier molecular flexibility index (Phi) is 7.62. The Morgan fingerprint density at radius 3 is 2.04 bits per heavy atom. The van der Waals surface area contributed by atoms with Crippen molar-refractivity contribution in [3.63, 3.8) is 0 Å². The van der Waals surface area contributed by atoms with Gasteiger partial charge < -0.3 is 5.32 Å². The van der Waals surface area contributed by atoms with Crippen molar-refractivity contribution in [2.75, 3.05) is 0 Å². The van der Waals surface area contributed by atoms with Crippen LogP contribution < -0.4 is 5.32 Å². The topological polar surface area (TPSA) is 12.0 Å². The third-order valence-electron chi connectivity index (χ3n) is 4.36. The molecule has 2 atom stereocenters. The van der Waals surface area contributed by atoms with Gasteiger partial charge in [-0.25, -0.2) is 0 Å². The highest BCUT2D eigenvalue weighted by Crippen LogP contribution is 2.25. The molecule has 26 heavy (non-hydrogen) atoms. The summed E-state index contributed by atoms with van der Waals surface area (Å²) in [5.41, 5.74) is 3.93. The van der Waals surface area contributed by atoms with Gasteiger partial charge >= 0.3 is 0 Å². The number of nitrogens with one attached hydrogen (secondary N) is 1. The molecule has 1 nitrogen and oxygen atoms in total. The molecule has 3 rings (SSSR count). The van der Waals surface area contributed by atoms with Crippen LogP contribution in [0.15, 0.2) is 84.4 Å². The number of fused-ring (bicyclic) bond motifs is 1. The van der Waals surface area contributed by atoms with E-state index in [2.05, 4.69) is 105 Å². The number of benzene rings is 3. The van der Waals surface area contributed by atoms with Crippen molar-refractivity contribution >= 4 is 10.8 Å². The Morgan fingerprint density at radius 1 is 0.769 bits per heavy atom. The van der Waals surface area contributed by atoms with E-state index in [4.69, 9.17) is 0 Å². The number of allylic oxidation sites excluding steroid dienone is 1. The first kappa shape index (κ1) is 19.9. The molecule has 0 aliphatic rings.